The fourth-order valence-electron chi connectivity index (χ4n) is 0.0609. The molecule has 0 aromatic heterocycles. The summed E-state index contributed by atoms with van der Waals surface area (Å²) < 4.78 is 0. The number of aliphatic hydroxyl groups is 1. The van der Waals surface area contributed by atoms with Crippen molar-refractivity contribution < 1.29 is 74.0 Å². The van der Waals surface area contributed by atoms with E-state index in [1.165, 1.54) is 0 Å². The first-order chi connectivity index (χ1) is 2.81. The minimum absolute atomic E-state index is 0. The smallest absolute Gasteiger partial charge is 0.566 e. The second-order valence-electron chi connectivity index (χ2n) is 1.36. The molecule has 0 spiro atoms. The van der Waals surface area contributed by atoms with Crippen LogP contribution in [-0.4, -0.2) is 11.7 Å². The Morgan fingerprint density at radius 1 is 1.86 bits per heavy atom. The van der Waals surface area contributed by atoms with Gasteiger partial charge in [-0.2, -0.15) is 0 Å². The van der Waals surface area contributed by atoms with Crippen LogP contribution in [0.25, 0.3) is 0 Å². The van der Waals surface area contributed by atoms with Crippen LogP contribution in [0.3, 0.4) is 0 Å². The Balaban J connectivity index is 0. The van der Waals surface area contributed by atoms with Crippen LogP contribution in [0.15, 0.2) is 0 Å². The molecule has 0 aliphatic rings. The Morgan fingerprint density at radius 2 is 2.29 bits per heavy atom. The molecule has 0 aliphatic heterocycles. The molecule has 1 atom stereocenters. The fourth-order valence-corrected chi connectivity index (χ4v) is 0.0609. The average Bonchev–Trinajstić information content (AvgIpc) is 1.65. The molecule has 0 rings (SSSR count). The van der Waals surface area contributed by atoms with Gasteiger partial charge in [0.2, 0.25) is 0 Å². The number of nitrogens with two attached hydrogens (primary N) is 1. The Kier molecular flexibility index (Phi) is 13.4. The first kappa shape index (κ1) is 11.7. The minimum Gasteiger partial charge on any atom is -0.566 e. The Morgan fingerprint density at radius 3 is 2.29 bits per heavy atom. The molecule has 0 unspecified atom stereocenters. The normalized spacial score (nSPS) is 12.4. The van der Waals surface area contributed by atoms with E-state index < -0.39 is 0 Å². The summed E-state index contributed by atoms with van der Waals surface area (Å²) in [6, 6.07) is 0. The third kappa shape index (κ3) is 7.97. The summed E-state index contributed by atoms with van der Waals surface area (Å²) in [6.07, 6.45) is 0. The van der Waals surface area contributed by atoms with E-state index in [1.54, 1.807) is 0 Å². The van der Waals surface area contributed by atoms with Crippen molar-refractivity contribution in [2.24, 2.45) is 11.7 Å². The van der Waals surface area contributed by atoms with Crippen LogP contribution in [0.2, 0.25) is 0 Å². The van der Waals surface area contributed by atoms with E-state index in [0.717, 1.165) is 6.61 Å². The summed E-state index contributed by atoms with van der Waals surface area (Å²) in [5.41, 5.74) is 5.09. The van der Waals surface area contributed by atoms with Crippen molar-refractivity contribution in [3.8, 4) is 0 Å². The molecule has 0 saturated heterocycles. The molecule has 0 fully saturated rings. The van der Waals surface area contributed by atoms with Crippen molar-refractivity contribution in [2.45, 2.75) is 6.92 Å². The molecule has 38 valence electrons. The molecule has 0 aliphatic carbocycles. The maximum Gasteiger partial charge on any atom is 1.00 e. The van der Waals surface area contributed by atoms with Crippen LogP contribution in [0, 0.1) is 12.5 Å². The Hall–Kier alpha value is 1.97. The zero-order valence-electron chi connectivity index (χ0n) is 4.89. The van der Waals surface area contributed by atoms with E-state index in [9.17, 15) is 0 Å². The van der Waals surface area contributed by atoms with Gasteiger partial charge in [-0.25, -0.2) is 6.61 Å². The van der Waals surface area contributed by atoms with Gasteiger partial charge in [-0.05, 0) is 6.54 Å². The van der Waals surface area contributed by atoms with Crippen LogP contribution in [0.4, 0.5) is 0 Å². The van der Waals surface area contributed by atoms with Gasteiger partial charge in [-0.1, -0.05) is 6.92 Å². The van der Waals surface area contributed by atoms with Crippen molar-refractivity contribution in [1.29, 1.82) is 0 Å². The van der Waals surface area contributed by atoms with E-state index in [0.29, 0.717) is 6.54 Å². The zero-order valence-corrected chi connectivity index (χ0v) is 11.2. The van der Waals surface area contributed by atoms with E-state index >= 15 is 0 Å². The van der Waals surface area contributed by atoms with Crippen LogP contribution >= 0.6 is 0 Å². The SMILES string of the molecule is C[C@@H]([CH-]O)CN.[Cs+]. The van der Waals surface area contributed by atoms with Crippen molar-refractivity contribution >= 4 is 0 Å². The van der Waals surface area contributed by atoms with Gasteiger partial charge in [0.15, 0.2) is 0 Å². The number of hydrogen-bond donors (Lipinski definition) is 2. The topological polar surface area (TPSA) is 46.2 Å². The average molecular weight is 221 g/mol. The molecule has 0 amide bonds. The first-order valence-corrected chi connectivity index (χ1v) is 1.99. The molecule has 3 heteroatoms. The molecule has 7 heavy (non-hydrogen) atoms. The molecule has 3 N–H and O–H groups in total. The first-order valence-electron chi connectivity index (χ1n) is 1.99. The van der Waals surface area contributed by atoms with Gasteiger partial charge in [-0.15, -0.1) is 5.92 Å². The van der Waals surface area contributed by atoms with Gasteiger partial charge in [-0.3, -0.25) is 0 Å². The second-order valence-corrected chi connectivity index (χ2v) is 1.36. The van der Waals surface area contributed by atoms with Gasteiger partial charge in [0, 0.05) is 0 Å². The molecule has 0 aromatic carbocycles. The predicted molar refractivity (Wildman–Crippen MR) is 24.5 cm³/mol. The maximum absolute atomic E-state index is 8.13. The van der Waals surface area contributed by atoms with Crippen molar-refractivity contribution in [3.05, 3.63) is 6.61 Å². The van der Waals surface area contributed by atoms with Crippen molar-refractivity contribution in [3.63, 3.8) is 0 Å². The zero-order chi connectivity index (χ0) is 4.99. The fraction of sp³-hybridized carbons (Fsp3) is 0.750. The summed E-state index contributed by atoms with van der Waals surface area (Å²) in [7, 11) is 0. The monoisotopic (exact) mass is 221 g/mol. The summed E-state index contributed by atoms with van der Waals surface area (Å²) in [4.78, 5) is 0. The Labute approximate surface area is 103 Å². The summed E-state index contributed by atoms with van der Waals surface area (Å²) in [5.74, 6) is 0.144. The number of hydrogen-bond acceptors (Lipinski definition) is 2. The molecular formula is C4H10CsNO. The third-order valence-electron chi connectivity index (χ3n) is 0.626. The van der Waals surface area contributed by atoms with Gasteiger partial charge in [0.25, 0.3) is 0 Å². The second kappa shape index (κ2) is 7.97. The van der Waals surface area contributed by atoms with Gasteiger partial charge in [0.1, 0.15) is 0 Å². The van der Waals surface area contributed by atoms with E-state index in [4.69, 9.17) is 10.8 Å². The third-order valence-corrected chi connectivity index (χ3v) is 0.626. The van der Waals surface area contributed by atoms with Crippen molar-refractivity contribution in [2.75, 3.05) is 6.54 Å². The van der Waals surface area contributed by atoms with Crippen LogP contribution in [-0.2, 0) is 0 Å². The quantitative estimate of drug-likeness (QED) is 0.492. The van der Waals surface area contributed by atoms with E-state index in [2.05, 4.69) is 0 Å². The largest absolute Gasteiger partial charge is 1.00 e. The molecule has 0 heterocycles. The molecule has 0 aromatic rings. The number of aliphatic hydroxyl groups excluding tert-OH is 1. The van der Waals surface area contributed by atoms with Gasteiger partial charge in [0.05, 0.1) is 0 Å². The molecule has 0 saturated carbocycles. The van der Waals surface area contributed by atoms with E-state index in [1.807, 2.05) is 6.92 Å². The van der Waals surface area contributed by atoms with E-state index in [-0.39, 0.29) is 74.8 Å². The summed E-state index contributed by atoms with van der Waals surface area (Å²) in [5, 5.41) is 8.13. The molecule has 0 bridgehead atoms. The summed E-state index contributed by atoms with van der Waals surface area (Å²) >= 11 is 0. The standard InChI is InChI=1S/C4H10NO.Cs/c1-4(2-5)3-6;/h3-4,6H,2,5H2,1H3;/q-1;+1/t4-;/m1./s1. The molecule has 2 nitrogen and oxygen atoms in total. The maximum atomic E-state index is 8.13. The Bertz CT molecular complexity index is 30.9. The molecular weight excluding hydrogens is 211 g/mol. The minimum atomic E-state index is 0. The van der Waals surface area contributed by atoms with Gasteiger partial charge < -0.3 is 10.8 Å². The predicted octanol–water partition coefficient (Wildman–Crippen LogP) is -2.88. The van der Waals surface area contributed by atoms with Crippen molar-refractivity contribution in [1.82, 2.24) is 0 Å². The van der Waals surface area contributed by atoms with Gasteiger partial charge >= 0.3 is 68.9 Å². The van der Waals surface area contributed by atoms with Crippen LogP contribution < -0.4 is 74.6 Å². The molecule has 0 radical (unpaired) electrons. The van der Waals surface area contributed by atoms with Crippen LogP contribution in [0.5, 0.6) is 0 Å². The summed E-state index contributed by atoms with van der Waals surface area (Å²) in [6.45, 7) is 3.47. The number of rotatable bonds is 2. The van der Waals surface area contributed by atoms with Crippen LogP contribution in [0.1, 0.15) is 6.92 Å².